The lowest BCUT2D eigenvalue weighted by Crippen LogP contribution is -2.38. The molecule has 3 nitrogen and oxygen atoms in total. The molecule has 0 aliphatic rings. The third kappa shape index (κ3) is 11.0. The van der Waals surface area contributed by atoms with E-state index in [0.717, 1.165) is 37.7 Å². The van der Waals surface area contributed by atoms with Crippen LogP contribution in [0.1, 0.15) is 70.5 Å². The van der Waals surface area contributed by atoms with E-state index in [2.05, 4.69) is 55.5 Å². The van der Waals surface area contributed by atoms with Crippen molar-refractivity contribution in [1.82, 2.24) is 4.90 Å². The van der Waals surface area contributed by atoms with Crippen LogP contribution in [0.2, 0.25) is 0 Å². The lowest BCUT2D eigenvalue weighted by Gasteiger charge is -2.29. The maximum absolute atomic E-state index is 12.4. The van der Waals surface area contributed by atoms with Crippen molar-refractivity contribution >= 4 is 5.91 Å². The molecule has 30 heavy (non-hydrogen) atoms. The predicted molar refractivity (Wildman–Crippen MR) is 128 cm³/mol. The summed E-state index contributed by atoms with van der Waals surface area (Å²) in [6, 6.07) is 9.22. The second-order valence-corrected chi connectivity index (χ2v) is 7.52. The van der Waals surface area contributed by atoms with Crippen LogP contribution in [0.4, 0.5) is 0 Å². The standard InChI is InChI=1S/C27H39NO2/c1-4-5-6-7-8-9-10-11-12-13-14-15-16-20-23-26(29)28(3)24(2)27(30)25-21-18-17-19-22-25/h6-7,9-10,12-13,15-19,21-22,24,27,30H,4-5,8,11,14,20,23H2,1-3H3/b7-6-,10-9-,13-12-,16-15-. The highest BCUT2D eigenvalue weighted by atomic mass is 16.3. The summed E-state index contributed by atoms with van der Waals surface area (Å²) in [5.41, 5.74) is 0.833. The highest BCUT2D eigenvalue weighted by Gasteiger charge is 2.23. The van der Waals surface area contributed by atoms with Gasteiger partial charge in [0, 0.05) is 13.5 Å². The maximum atomic E-state index is 12.4. The van der Waals surface area contributed by atoms with Crippen LogP contribution < -0.4 is 0 Å². The summed E-state index contributed by atoms with van der Waals surface area (Å²) in [7, 11) is 1.76. The van der Waals surface area contributed by atoms with E-state index < -0.39 is 6.10 Å². The van der Waals surface area contributed by atoms with E-state index in [9.17, 15) is 9.90 Å². The number of nitrogens with zero attached hydrogens (tertiary/aromatic N) is 1. The second kappa shape index (κ2) is 16.4. The fourth-order valence-corrected chi connectivity index (χ4v) is 2.97. The molecule has 0 radical (unpaired) electrons. The number of amides is 1. The van der Waals surface area contributed by atoms with E-state index in [4.69, 9.17) is 0 Å². The number of carbonyl (C=O) groups is 1. The van der Waals surface area contributed by atoms with Crippen molar-refractivity contribution in [2.75, 3.05) is 7.05 Å². The fourth-order valence-electron chi connectivity index (χ4n) is 2.97. The van der Waals surface area contributed by atoms with Crippen LogP contribution in [0.25, 0.3) is 0 Å². The van der Waals surface area contributed by atoms with E-state index in [1.165, 1.54) is 6.42 Å². The Bertz CT molecular complexity index is 688. The Hall–Kier alpha value is -2.39. The Balaban J connectivity index is 2.20. The summed E-state index contributed by atoms with van der Waals surface area (Å²) < 4.78 is 0. The summed E-state index contributed by atoms with van der Waals surface area (Å²) in [5, 5.41) is 10.5. The molecule has 0 aliphatic heterocycles. The van der Waals surface area contributed by atoms with Crippen LogP contribution in [0.3, 0.4) is 0 Å². The zero-order valence-corrected chi connectivity index (χ0v) is 18.9. The molecule has 0 saturated carbocycles. The summed E-state index contributed by atoms with van der Waals surface area (Å²) in [4.78, 5) is 14.0. The zero-order chi connectivity index (χ0) is 22.0. The van der Waals surface area contributed by atoms with Crippen molar-refractivity contribution < 1.29 is 9.90 Å². The molecule has 2 unspecified atom stereocenters. The van der Waals surface area contributed by atoms with Gasteiger partial charge >= 0.3 is 0 Å². The number of likely N-dealkylation sites (N-methyl/N-ethyl adjacent to an activating group) is 1. The summed E-state index contributed by atoms with van der Waals surface area (Å²) in [5.74, 6) is 0.0517. The van der Waals surface area contributed by atoms with Gasteiger partial charge in [-0.2, -0.15) is 0 Å². The largest absolute Gasteiger partial charge is 0.386 e. The zero-order valence-electron chi connectivity index (χ0n) is 18.9. The minimum absolute atomic E-state index is 0.0517. The Labute approximate surface area is 183 Å². The van der Waals surface area contributed by atoms with E-state index in [1.807, 2.05) is 37.3 Å². The summed E-state index contributed by atoms with van der Waals surface area (Å²) in [6.07, 6.45) is 23.0. The van der Waals surface area contributed by atoms with Crippen molar-refractivity contribution in [2.45, 2.75) is 70.9 Å². The number of aliphatic hydroxyl groups is 1. The predicted octanol–water partition coefficient (Wildman–Crippen LogP) is 6.54. The number of hydrogen-bond donors (Lipinski definition) is 1. The normalized spacial score (nSPS) is 14.3. The topological polar surface area (TPSA) is 40.5 Å². The molecule has 1 N–H and O–H groups in total. The molecule has 3 heteroatoms. The third-order valence-corrected chi connectivity index (χ3v) is 5.07. The Morgan fingerprint density at radius 1 is 0.900 bits per heavy atom. The van der Waals surface area contributed by atoms with E-state index >= 15 is 0 Å². The number of hydrogen-bond acceptors (Lipinski definition) is 2. The van der Waals surface area contributed by atoms with Crippen molar-refractivity contribution in [2.24, 2.45) is 0 Å². The van der Waals surface area contributed by atoms with Gasteiger partial charge in [0.1, 0.15) is 0 Å². The minimum atomic E-state index is -0.678. The van der Waals surface area contributed by atoms with Gasteiger partial charge in [-0.1, -0.05) is 92.3 Å². The molecule has 0 aromatic heterocycles. The molecule has 1 rings (SSSR count). The van der Waals surface area contributed by atoms with E-state index in [0.29, 0.717) is 6.42 Å². The van der Waals surface area contributed by atoms with E-state index in [-0.39, 0.29) is 11.9 Å². The van der Waals surface area contributed by atoms with Crippen molar-refractivity contribution in [3.8, 4) is 0 Å². The highest BCUT2D eigenvalue weighted by molar-refractivity contribution is 5.76. The first-order valence-corrected chi connectivity index (χ1v) is 11.2. The Kier molecular flexibility index (Phi) is 14.0. The molecule has 0 saturated heterocycles. The minimum Gasteiger partial charge on any atom is -0.386 e. The van der Waals surface area contributed by atoms with E-state index in [1.54, 1.807) is 11.9 Å². The Morgan fingerprint density at radius 2 is 1.40 bits per heavy atom. The molecule has 0 spiro atoms. The molecule has 0 aliphatic carbocycles. The third-order valence-electron chi connectivity index (χ3n) is 5.07. The van der Waals surface area contributed by atoms with Crippen LogP contribution in [0.15, 0.2) is 78.9 Å². The van der Waals surface area contributed by atoms with Crippen molar-refractivity contribution in [1.29, 1.82) is 0 Å². The first-order valence-electron chi connectivity index (χ1n) is 11.2. The molecule has 0 heterocycles. The van der Waals surface area contributed by atoms with Gasteiger partial charge in [-0.15, -0.1) is 0 Å². The van der Waals surface area contributed by atoms with Crippen LogP contribution in [-0.2, 0) is 4.79 Å². The molecule has 164 valence electrons. The number of unbranched alkanes of at least 4 members (excludes halogenated alkanes) is 1. The molecule has 1 amide bonds. The van der Waals surface area contributed by atoms with Gasteiger partial charge in [0.05, 0.1) is 12.1 Å². The van der Waals surface area contributed by atoms with Crippen LogP contribution >= 0.6 is 0 Å². The number of rotatable bonds is 14. The average Bonchev–Trinajstić information content (AvgIpc) is 2.78. The molecule has 0 bridgehead atoms. The van der Waals surface area contributed by atoms with Gasteiger partial charge < -0.3 is 10.0 Å². The molecule has 2 atom stereocenters. The lowest BCUT2D eigenvalue weighted by molar-refractivity contribution is -0.133. The van der Waals surface area contributed by atoms with Crippen molar-refractivity contribution in [3.63, 3.8) is 0 Å². The molecule has 1 aromatic rings. The van der Waals surface area contributed by atoms with Gasteiger partial charge in [0.15, 0.2) is 0 Å². The lowest BCUT2D eigenvalue weighted by atomic mass is 10.0. The van der Waals surface area contributed by atoms with Gasteiger partial charge in [-0.05, 0) is 44.6 Å². The number of aliphatic hydroxyl groups excluding tert-OH is 1. The number of carbonyl (C=O) groups excluding carboxylic acids is 1. The van der Waals surface area contributed by atoms with Crippen LogP contribution in [0.5, 0.6) is 0 Å². The van der Waals surface area contributed by atoms with Gasteiger partial charge in [-0.25, -0.2) is 0 Å². The van der Waals surface area contributed by atoms with Crippen LogP contribution in [-0.4, -0.2) is 29.0 Å². The molecule has 0 fully saturated rings. The van der Waals surface area contributed by atoms with Gasteiger partial charge in [0.25, 0.3) is 0 Å². The summed E-state index contributed by atoms with van der Waals surface area (Å²) in [6.45, 7) is 4.07. The summed E-state index contributed by atoms with van der Waals surface area (Å²) >= 11 is 0. The van der Waals surface area contributed by atoms with Gasteiger partial charge in [0.2, 0.25) is 5.91 Å². The number of allylic oxidation sites excluding steroid dienone is 8. The molecular formula is C27H39NO2. The smallest absolute Gasteiger partial charge is 0.222 e. The van der Waals surface area contributed by atoms with Gasteiger partial charge in [-0.3, -0.25) is 4.79 Å². The molecule has 1 aromatic carbocycles. The Morgan fingerprint density at radius 3 is 1.93 bits per heavy atom. The SMILES string of the molecule is CCC/C=C\C/C=C\C/C=C\C/C=C\CCC(=O)N(C)C(C)C(O)c1ccccc1. The monoisotopic (exact) mass is 409 g/mol. The molecular weight excluding hydrogens is 370 g/mol. The maximum Gasteiger partial charge on any atom is 0.222 e. The second-order valence-electron chi connectivity index (χ2n) is 7.52. The quantitative estimate of drug-likeness (QED) is 0.354. The first kappa shape index (κ1) is 25.6. The highest BCUT2D eigenvalue weighted by Crippen LogP contribution is 2.20. The first-order chi connectivity index (χ1) is 14.6. The fraction of sp³-hybridized carbons (Fsp3) is 0.444. The number of benzene rings is 1. The average molecular weight is 410 g/mol. The van der Waals surface area contributed by atoms with Crippen molar-refractivity contribution in [3.05, 3.63) is 84.5 Å². The van der Waals surface area contributed by atoms with Crippen LogP contribution in [0, 0.1) is 0 Å².